The van der Waals surface area contributed by atoms with Crippen LogP contribution < -0.4 is 5.32 Å². The minimum Gasteiger partial charge on any atom is -0.352 e. The molecule has 1 aliphatic heterocycles. The van der Waals surface area contributed by atoms with Crippen LogP contribution in [0.15, 0.2) is 24.5 Å². The molecule has 0 aliphatic carbocycles. The van der Waals surface area contributed by atoms with E-state index in [0.29, 0.717) is 0 Å². The second-order valence-corrected chi connectivity index (χ2v) is 5.23. The van der Waals surface area contributed by atoms with Gasteiger partial charge in [0.2, 0.25) is 5.91 Å². The molecule has 2 rings (SSSR count). The van der Waals surface area contributed by atoms with Gasteiger partial charge in [0.1, 0.15) is 6.04 Å². The number of nitrogens with one attached hydrogen (secondary N) is 1. The van der Waals surface area contributed by atoms with Crippen molar-refractivity contribution in [3.05, 3.63) is 30.1 Å². The molecule has 8 heteroatoms. The number of aromatic nitrogens is 1. The topological polar surface area (TPSA) is 62.3 Å². The fourth-order valence-corrected chi connectivity index (χ4v) is 2.60. The van der Waals surface area contributed by atoms with Crippen LogP contribution in [0.4, 0.5) is 13.2 Å². The second-order valence-electron chi connectivity index (χ2n) is 5.23. The Kier molecular flexibility index (Phi) is 4.68. The van der Waals surface area contributed by atoms with E-state index >= 15 is 0 Å². The molecule has 2 unspecified atom stereocenters. The summed E-state index contributed by atoms with van der Waals surface area (Å²) in [6, 6.07) is 0.440. The molecule has 1 saturated heterocycles. The number of carbonyl (C=O) groups excluding carboxylic acids is 2. The largest absolute Gasteiger partial charge is 0.408 e. The maximum absolute atomic E-state index is 13.2. The van der Waals surface area contributed by atoms with E-state index in [2.05, 4.69) is 10.3 Å². The van der Waals surface area contributed by atoms with E-state index in [9.17, 15) is 22.8 Å². The number of halogens is 3. The Labute approximate surface area is 125 Å². The molecule has 1 aliphatic rings. The zero-order chi connectivity index (χ0) is 16.3. The van der Waals surface area contributed by atoms with Gasteiger partial charge in [-0.2, -0.15) is 13.2 Å². The van der Waals surface area contributed by atoms with Gasteiger partial charge < -0.3 is 10.2 Å². The Morgan fingerprint density at radius 1 is 1.27 bits per heavy atom. The van der Waals surface area contributed by atoms with Crippen LogP contribution in [0.25, 0.3) is 0 Å². The molecule has 2 amide bonds. The molecule has 0 radical (unpaired) electrons. The third kappa shape index (κ3) is 3.75. The number of amides is 2. The van der Waals surface area contributed by atoms with Gasteiger partial charge in [0.25, 0.3) is 5.91 Å². The molecule has 120 valence electrons. The number of carbonyl (C=O) groups is 2. The molecule has 0 bridgehead atoms. The summed E-state index contributed by atoms with van der Waals surface area (Å²) in [6.07, 6.45) is -1.84. The Morgan fingerprint density at radius 2 is 1.91 bits per heavy atom. The highest BCUT2D eigenvalue weighted by molar-refractivity contribution is 5.94. The van der Waals surface area contributed by atoms with Gasteiger partial charge in [-0.05, 0) is 25.0 Å². The van der Waals surface area contributed by atoms with Gasteiger partial charge in [0.05, 0.1) is 0 Å². The number of hydrogen-bond acceptors (Lipinski definition) is 3. The maximum atomic E-state index is 13.2. The summed E-state index contributed by atoms with van der Waals surface area (Å²) in [5.41, 5.74) is 0.146. The van der Waals surface area contributed by atoms with Crippen LogP contribution in [0.1, 0.15) is 30.1 Å². The predicted octanol–water partition coefficient (Wildman–Crippen LogP) is 1.75. The summed E-state index contributed by atoms with van der Waals surface area (Å²) in [6.45, 7) is 1.13. The molecule has 0 aromatic carbocycles. The number of hydrogen-bond donors (Lipinski definition) is 1. The Bertz CT molecular complexity index is 548. The van der Waals surface area contributed by atoms with E-state index in [4.69, 9.17) is 0 Å². The molecule has 0 saturated carbocycles. The normalized spacial score (nSPS) is 22.3. The SMILES string of the molecule is CC(=O)NC1CCC(C(F)(F)F)N(C(=O)c2ccncc2)C1. The van der Waals surface area contributed by atoms with E-state index < -0.39 is 24.2 Å². The molecule has 1 fully saturated rings. The van der Waals surface area contributed by atoms with Gasteiger partial charge in [0.15, 0.2) is 0 Å². The first-order chi connectivity index (χ1) is 10.3. The molecular formula is C14H16F3N3O2. The van der Waals surface area contributed by atoms with Gasteiger partial charge in [0, 0.05) is 37.5 Å². The number of likely N-dealkylation sites (tertiary alicyclic amines) is 1. The van der Waals surface area contributed by atoms with Gasteiger partial charge in [-0.3, -0.25) is 14.6 Å². The van der Waals surface area contributed by atoms with Gasteiger partial charge in [-0.25, -0.2) is 0 Å². The number of nitrogens with zero attached hydrogens (tertiary/aromatic N) is 2. The van der Waals surface area contributed by atoms with Gasteiger partial charge >= 0.3 is 6.18 Å². The van der Waals surface area contributed by atoms with Crippen molar-refractivity contribution >= 4 is 11.8 Å². The van der Waals surface area contributed by atoms with Crippen molar-refractivity contribution in [3.63, 3.8) is 0 Å². The maximum Gasteiger partial charge on any atom is 0.408 e. The first-order valence-electron chi connectivity index (χ1n) is 6.84. The zero-order valence-electron chi connectivity index (χ0n) is 11.9. The molecule has 22 heavy (non-hydrogen) atoms. The van der Waals surface area contributed by atoms with E-state index in [1.165, 1.54) is 31.5 Å². The van der Waals surface area contributed by atoms with Crippen molar-refractivity contribution < 1.29 is 22.8 Å². The first kappa shape index (κ1) is 16.3. The predicted molar refractivity (Wildman–Crippen MR) is 72.0 cm³/mol. The van der Waals surface area contributed by atoms with Crippen LogP contribution >= 0.6 is 0 Å². The lowest BCUT2D eigenvalue weighted by Crippen LogP contribution is -2.58. The van der Waals surface area contributed by atoms with Crippen LogP contribution in [0.5, 0.6) is 0 Å². The molecule has 1 N–H and O–H groups in total. The van der Waals surface area contributed by atoms with Crippen molar-refractivity contribution in [1.82, 2.24) is 15.2 Å². The molecule has 5 nitrogen and oxygen atoms in total. The fourth-order valence-electron chi connectivity index (χ4n) is 2.60. The minimum atomic E-state index is -4.50. The molecule has 1 aromatic rings. The monoisotopic (exact) mass is 315 g/mol. The zero-order valence-corrected chi connectivity index (χ0v) is 11.9. The first-order valence-corrected chi connectivity index (χ1v) is 6.84. The average Bonchev–Trinajstić information content (AvgIpc) is 2.45. The summed E-state index contributed by atoms with van der Waals surface area (Å²) < 4.78 is 39.5. The van der Waals surface area contributed by atoms with Crippen LogP contribution in [0, 0.1) is 0 Å². The van der Waals surface area contributed by atoms with Crippen molar-refractivity contribution in [2.45, 2.75) is 38.0 Å². The molecule has 1 aromatic heterocycles. The van der Waals surface area contributed by atoms with Crippen LogP contribution in [0.3, 0.4) is 0 Å². The third-order valence-corrected chi connectivity index (χ3v) is 3.56. The lowest BCUT2D eigenvalue weighted by molar-refractivity contribution is -0.184. The van der Waals surface area contributed by atoms with E-state index in [1.54, 1.807) is 0 Å². The Balaban J connectivity index is 2.23. The summed E-state index contributed by atoms with van der Waals surface area (Å²) in [7, 11) is 0. The standard InChI is InChI=1S/C14H16F3N3O2/c1-9(21)19-11-2-3-12(14(15,16)17)20(8-11)13(22)10-4-6-18-7-5-10/h4-7,11-12H,2-3,8H2,1H3,(H,19,21). The summed E-state index contributed by atoms with van der Waals surface area (Å²) in [5, 5.41) is 2.58. The number of pyridine rings is 1. The Hall–Kier alpha value is -2.12. The van der Waals surface area contributed by atoms with Gasteiger partial charge in [-0.1, -0.05) is 0 Å². The smallest absolute Gasteiger partial charge is 0.352 e. The van der Waals surface area contributed by atoms with Crippen molar-refractivity contribution in [2.24, 2.45) is 0 Å². The molecule has 2 heterocycles. The van der Waals surface area contributed by atoms with Crippen molar-refractivity contribution in [2.75, 3.05) is 6.54 Å². The molecular weight excluding hydrogens is 299 g/mol. The highest BCUT2D eigenvalue weighted by Crippen LogP contribution is 2.32. The lowest BCUT2D eigenvalue weighted by atomic mass is 9.96. The third-order valence-electron chi connectivity index (χ3n) is 3.56. The number of alkyl halides is 3. The molecule has 2 atom stereocenters. The average molecular weight is 315 g/mol. The number of rotatable bonds is 2. The van der Waals surface area contributed by atoms with E-state index in [-0.39, 0.29) is 30.9 Å². The molecule has 0 spiro atoms. The van der Waals surface area contributed by atoms with Crippen LogP contribution in [0.2, 0.25) is 0 Å². The van der Waals surface area contributed by atoms with Gasteiger partial charge in [-0.15, -0.1) is 0 Å². The second kappa shape index (κ2) is 6.33. The van der Waals surface area contributed by atoms with E-state index in [1.807, 2.05) is 0 Å². The highest BCUT2D eigenvalue weighted by atomic mass is 19.4. The summed E-state index contributed by atoms with van der Waals surface area (Å²) in [5.74, 6) is -1.04. The van der Waals surface area contributed by atoms with Crippen LogP contribution in [-0.4, -0.2) is 46.5 Å². The van der Waals surface area contributed by atoms with Crippen LogP contribution in [-0.2, 0) is 4.79 Å². The van der Waals surface area contributed by atoms with Crippen molar-refractivity contribution in [3.8, 4) is 0 Å². The quantitative estimate of drug-likeness (QED) is 0.904. The lowest BCUT2D eigenvalue weighted by Gasteiger charge is -2.40. The van der Waals surface area contributed by atoms with Crippen molar-refractivity contribution in [1.29, 1.82) is 0 Å². The Morgan fingerprint density at radius 3 is 2.45 bits per heavy atom. The number of piperidine rings is 1. The van der Waals surface area contributed by atoms with E-state index in [0.717, 1.165) is 4.90 Å². The summed E-state index contributed by atoms with van der Waals surface area (Å²) in [4.78, 5) is 28.0. The fraction of sp³-hybridized carbons (Fsp3) is 0.500. The highest BCUT2D eigenvalue weighted by Gasteiger charge is 2.48. The summed E-state index contributed by atoms with van der Waals surface area (Å²) >= 11 is 0. The minimum absolute atomic E-state index is 0.146.